The second-order valence-corrected chi connectivity index (χ2v) is 7.05. The van der Waals surface area contributed by atoms with Gasteiger partial charge in [0.05, 0.1) is 24.9 Å². The standard InChI is InChI=1S/C14H27BrO2/c1-14(2,3)17-11-10-16-13-9-7-5-4-6-8-12(13)15/h12-13H,4-11H2,1-3H3. The number of hydrogen-bond donors (Lipinski definition) is 0. The molecule has 1 aliphatic rings. The minimum absolute atomic E-state index is 0.0574. The molecule has 0 spiro atoms. The molecule has 0 heterocycles. The second-order valence-electron chi connectivity index (χ2n) is 5.88. The van der Waals surface area contributed by atoms with Gasteiger partial charge in [-0.3, -0.25) is 0 Å². The Morgan fingerprint density at radius 3 is 2.29 bits per heavy atom. The molecule has 1 rings (SSSR count). The summed E-state index contributed by atoms with van der Waals surface area (Å²) in [7, 11) is 0. The Morgan fingerprint density at radius 1 is 1.00 bits per heavy atom. The van der Waals surface area contributed by atoms with Gasteiger partial charge in [-0.1, -0.05) is 41.6 Å². The molecule has 1 aliphatic carbocycles. The fourth-order valence-electron chi connectivity index (χ4n) is 2.14. The smallest absolute Gasteiger partial charge is 0.0707 e. The van der Waals surface area contributed by atoms with Crippen LogP contribution in [0.25, 0.3) is 0 Å². The summed E-state index contributed by atoms with van der Waals surface area (Å²) in [4.78, 5) is 0.525. The molecule has 1 saturated carbocycles. The van der Waals surface area contributed by atoms with E-state index in [0.717, 1.165) is 0 Å². The minimum Gasteiger partial charge on any atom is -0.375 e. The number of alkyl halides is 1. The third-order valence-corrected chi connectivity index (χ3v) is 4.12. The van der Waals surface area contributed by atoms with Crippen molar-refractivity contribution in [3.05, 3.63) is 0 Å². The Morgan fingerprint density at radius 2 is 1.65 bits per heavy atom. The number of rotatable bonds is 4. The Hall–Kier alpha value is 0.400. The Bertz CT molecular complexity index is 201. The average Bonchev–Trinajstić information content (AvgIpc) is 2.20. The number of hydrogen-bond acceptors (Lipinski definition) is 2. The van der Waals surface area contributed by atoms with E-state index in [1.165, 1.54) is 38.5 Å². The highest BCUT2D eigenvalue weighted by atomic mass is 79.9. The highest BCUT2D eigenvalue weighted by molar-refractivity contribution is 9.09. The van der Waals surface area contributed by atoms with E-state index in [2.05, 4.69) is 36.7 Å². The first kappa shape index (κ1) is 15.5. The molecule has 0 amide bonds. The molecule has 2 nitrogen and oxygen atoms in total. The molecule has 0 aromatic heterocycles. The van der Waals surface area contributed by atoms with Gasteiger partial charge in [-0.2, -0.15) is 0 Å². The largest absolute Gasteiger partial charge is 0.375 e. The molecule has 2 unspecified atom stereocenters. The van der Waals surface area contributed by atoms with Gasteiger partial charge in [0.1, 0.15) is 0 Å². The summed E-state index contributed by atoms with van der Waals surface area (Å²) in [6.07, 6.45) is 8.16. The van der Waals surface area contributed by atoms with E-state index < -0.39 is 0 Å². The zero-order valence-corrected chi connectivity index (χ0v) is 13.1. The van der Waals surface area contributed by atoms with Crippen LogP contribution in [-0.4, -0.2) is 29.7 Å². The molecule has 0 N–H and O–H groups in total. The minimum atomic E-state index is -0.0574. The predicted molar refractivity (Wildman–Crippen MR) is 75.9 cm³/mol. The van der Waals surface area contributed by atoms with Crippen molar-refractivity contribution in [1.82, 2.24) is 0 Å². The van der Waals surface area contributed by atoms with Gasteiger partial charge in [-0.25, -0.2) is 0 Å². The van der Waals surface area contributed by atoms with Crippen LogP contribution in [0, 0.1) is 0 Å². The fourth-order valence-corrected chi connectivity index (χ4v) is 2.88. The van der Waals surface area contributed by atoms with Gasteiger partial charge in [0.2, 0.25) is 0 Å². The summed E-state index contributed by atoms with van der Waals surface area (Å²) in [5, 5.41) is 0. The molecule has 0 aromatic rings. The molecule has 0 saturated heterocycles. The monoisotopic (exact) mass is 306 g/mol. The fraction of sp³-hybridized carbons (Fsp3) is 1.00. The molecule has 2 atom stereocenters. The average molecular weight is 307 g/mol. The maximum Gasteiger partial charge on any atom is 0.0707 e. The molecule has 0 aromatic carbocycles. The zero-order valence-electron chi connectivity index (χ0n) is 11.5. The van der Waals surface area contributed by atoms with Crippen LogP contribution in [0.3, 0.4) is 0 Å². The van der Waals surface area contributed by atoms with Crippen molar-refractivity contribution >= 4 is 15.9 Å². The van der Waals surface area contributed by atoms with Crippen molar-refractivity contribution in [1.29, 1.82) is 0 Å². The summed E-state index contributed by atoms with van der Waals surface area (Å²) in [5.41, 5.74) is -0.0574. The van der Waals surface area contributed by atoms with Crippen LogP contribution in [0.5, 0.6) is 0 Å². The van der Waals surface area contributed by atoms with Gasteiger partial charge in [0, 0.05) is 4.83 Å². The van der Waals surface area contributed by atoms with E-state index in [1.807, 2.05) is 0 Å². The van der Waals surface area contributed by atoms with Crippen molar-refractivity contribution < 1.29 is 9.47 Å². The Balaban J connectivity index is 2.19. The lowest BCUT2D eigenvalue weighted by molar-refractivity contribution is -0.0539. The summed E-state index contributed by atoms with van der Waals surface area (Å²) in [6, 6.07) is 0. The van der Waals surface area contributed by atoms with Crippen molar-refractivity contribution in [3.8, 4) is 0 Å². The molecule has 0 radical (unpaired) electrons. The molecular formula is C14H27BrO2. The van der Waals surface area contributed by atoms with Gasteiger partial charge in [0.25, 0.3) is 0 Å². The maximum absolute atomic E-state index is 5.95. The summed E-state index contributed by atoms with van der Waals surface area (Å²) >= 11 is 3.77. The Labute approximate surface area is 115 Å². The van der Waals surface area contributed by atoms with Gasteiger partial charge >= 0.3 is 0 Å². The van der Waals surface area contributed by atoms with E-state index in [9.17, 15) is 0 Å². The maximum atomic E-state index is 5.95. The van der Waals surface area contributed by atoms with Crippen LogP contribution in [0.4, 0.5) is 0 Å². The zero-order chi connectivity index (χ0) is 12.7. The van der Waals surface area contributed by atoms with Crippen LogP contribution in [-0.2, 0) is 9.47 Å². The lowest BCUT2D eigenvalue weighted by atomic mass is 9.98. The van der Waals surface area contributed by atoms with Crippen molar-refractivity contribution in [2.45, 2.75) is 75.8 Å². The number of ether oxygens (including phenoxy) is 2. The molecule has 0 bridgehead atoms. The summed E-state index contributed by atoms with van der Waals surface area (Å²) in [5.74, 6) is 0. The third-order valence-electron chi connectivity index (χ3n) is 3.07. The number of halogens is 1. The normalized spacial score (nSPS) is 27.5. The Kier molecular flexibility index (Phi) is 7.05. The van der Waals surface area contributed by atoms with Gasteiger partial charge in [-0.15, -0.1) is 0 Å². The summed E-state index contributed by atoms with van der Waals surface area (Å²) < 4.78 is 11.6. The molecule has 17 heavy (non-hydrogen) atoms. The van der Waals surface area contributed by atoms with Crippen molar-refractivity contribution in [2.75, 3.05) is 13.2 Å². The molecule has 3 heteroatoms. The SMILES string of the molecule is CC(C)(C)OCCOC1CCCCCCC1Br. The van der Waals surface area contributed by atoms with E-state index in [-0.39, 0.29) is 5.60 Å². The molecule has 1 fully saturated rings. The first-order valence-electron chi connectivity index (χ1n) is 6.89. The quantitative estimate of drug-likeness (QED) is 0.569. The van der Waals surface area contributed by atoms with Crippen LogP contribution < -0.4 is 0 Å². The van der Waals surface area contributed by atoms with Crippen LogP contribution in [0.15, 0.2) is 0 Å². The highest BCUT2D eigenvalue weighted by Gasteiger charge is 2.21. The van der Waals surface area contributed by atoms with E-state index in [1.54, 1.807) is 0 Å². The topological polar surface area (TPSA) is 18.5 Å². The lowest BCUT2D eigenvalue weighted by Crippen LogP contribution is -2.29. The first-order valence-corrected chi connectivity index (χ1v) is 7.80. The van der Waals surface area contributed by atoms with Crippen molar-refractivity contribution in [2.24, 2.45) is 0 Å². The molecule has 102 valence electrons. The first-order chi connectivity index (χ1) is 7.99. The molecule has 0 aliphatic heterocycles. The third kappa shape index (κ3) is 7.43. The van der Waals surface area contributed by atoms with Crippen LogP contribution >= 0.6 is 15.9 Å². The predicted octanol–water partition coefficient (Wildman–Crippen LogP) is 4.30. The van der Waals surface area contributed by atoms with Crippen LogP contribution in [0.2, 0.25) is 0 Å². The highest BCUT2D eigenvalue weighted by Crippen LogP contribution is 2.25. The second kappa shape index (κ2) is 7.75. The van der Waals surface area contributed by atoms with Crippen molar-refractivity contribution in [3.63, 3.8) is 0 Å². The van der Waals surface area contributed by atoms with Gasteiger partial charge in [0.15, 0.2) is 0 Å². The summed E-state index contributed by atoms with van der Waals surface area (Å²) in [6.45, 7) is 7.64. The lowest BCUT2D eigenvalue weighted by Gasteiger charge is -2.26. The van der Waals surface area contributed by atoms with Gasteiger partial charge < -0.3 is 9.47 Å². The van der Waals surface area contributed by atoms with E-state index in [0.29, 0.717) is 24.1 Å². The van der Waals surface area contributed by atoms with E-state index >= 15 is 0 Å². The van der Waals surface area contributed by atoms with Gasteiger partial charge in [-0.05, 0) is 33.6 Å². The van der Waals surface area contributed by atoms with Crippen LogP contribution in [0.1, 0.15) is 59.3 Å². The molecular weight excluding hydrogens is 280 g/mol. The van der Waals surface area contributed by atoms with E-state index in [4.69, 9.17) is 9.47 Å².